The highest BCUT2D eigenvalue weighted by molar-refractivity contribution is 7.16. The van der Waals surface area contributed by atoms with Crippen LogP contribution in [0.2, 0.25) is 0 Å². The van der Waals surface area contributed by atoms with Crippen LogP contribution >= 0.6 is 11.3 Å². The van der Waals surface area contributed by atoms with E-state index in [1.54, 1.807) is 17.0 Å². The van der Waals surface area contributed by atoms with Gasteiger partial charge >= 0.3 is 5.00 Å². The van der Waals surface area contributed by atoms with Gasteiger partial charge in [-0.25, -0.2) is 0 Å². The quantitative estimate of drug-likeness (QED) is 0.496. The third kappa shape index (κ3) is 3.07. The molecule has 0 aliphatic carbocycles. The van der Waals surface area contributed by atoms with Crippen molar-refractivity contribution in [2.75, 3.05) is 6.54 Å². The molecule has 2 heterocycles. The maximum absolute atomic E-state index is 12.2. The first kappa shape index (κ1) is 14.5. The summed E-state index contributed by atoms with van der Waals surface area (Å²) >= 11 is 1.06. The van der Waals surface area contributed by atoms with Crippen molar-refractivity contribution < 1.29 is 9.72 Å². The van der Waals surface area contributed by atoms with Gasteiger partial charge in [-0.05, 0) is 29.7 Å². The van der Waals surface area contributed by atoms with Gasteiger partial charge < -0.3 is 4.90 Å². The largest absolute Gasteiger partial charge is 0.334 e. The van der Waals surface area contributed by atoms with Crippen molar-refractivity contribution in [1.29, 1.82) is 0 Å². The first-order chi connectivity index (χ1) is 10.6. The van der Waals surface area contributed by atoms with E-state index in [1.807, 2.05) is 18.2 Å². The minimum absolute atomic E-state index is 0.0643. The Bertz CT molecular complexity index is 751. The average molecular weight is 314 g/mol. The zero-order chi connectivity index (χ0) is 15.5. The maximum atomic E-state index is 12.2. The zero-order valence-corrected chi connectivity index (χ0v) is 12.6. The van der Waals surface area contributed by atoms with Gasteiger partial charge in [0.2, 0.25) is 5.91 Å². The van der Waals surface area contributed by atoms with Crippen LogP contribution in [-0.4, -0.2) is 22.3 Å². The lowest BCUT2D eigenvalue weighted by Gasteiger charge is -2.27. The number of hydrogen-bond acceptors (Lipinski definition) is 4. The molecule has 0 saturated carbocycles. The standard InChI is InChI=1S/C16H14N2O3S/c19-15(7-5-14-6-8-16(22-14)18(20)21)17-10-9-12-3-1-2-4-13(12)11-17/h1-8H,9-11H2. The number of hydrogen-bond donors (Lipinski definition) is 0. The van der Waals surface area contributed by atoms with Crippen molar-refractivity contribution >= 4 is 28.3 Å². The first-order valence-electron chi connectivity index (χ1n) is 6.91. The molecule has 1 aromatic heterocycles. The Morgan fingerprint density at radius 2 is 2.00 bits per heavy atom. The summed E-state index contributed by atoms with van der Waals surface area (Å²) in [6.45, 7) is 1.31. The van der Waals surface area contributed by atoms with Crippen LogP contribution < -0.4 is 0 Å². The van der Waals surface area contributed by atoms with Crippen LogP contribution in [0.3, 0.4) is 0 Å². The number of carbonyl (C=O) groups excluding carboxylic acids is 1. The van der Waals surface area contributed by atoms with E-state index < -0.39 is 4.92 Å². The first-order valence-corrected chi connectivity index (χ1v) is 7.73. The smallest absolute Gasteiger partial charge is 0.324 e. The summed E-state index contributed by atoms with van der Waals surface area (Å²) in [5.74, 6) is -0.0643. The van der Waals surface area contributed by atoms with Gasteiger partial charge in [0, 0.05) is 30.1 Å². The molecule has 2 aromatic rings. The van der Waals surface area contributed by atoms with Crippen LogP contribution in [0, 0.1) is 10.1 Å². The van der Waals surface area contributed by atoms with Crippen LogP contribution in [0.25, 0.3) is 6.08 Å². The molecular weight excluding hydrogens is 300 g/mol. The van der Waals surface area contributed by atoms with E-state index in [4.69, 9.17) is 0 Å². The molecule has 0 N–H and O–H groups in total. The number of nitro groups is 1. The summed E-state index contributed by atoms with van der Waals surface area (Å²) < 4.78 is 0. The molecule has 6 heteroatoms. The average Bonchev–Trinajstić information content (AvgIpc) is 3.01. The highest BCUT2D eigenvalue weighted by Gasteiger charge is 2.18. The van der Waals surface area contributed by atoms with Crippen LogP contribution in [0.4, 0.5) is 5.00 Å². The molecule has 1 aliphatic heterocycles. The summed E-state index contributed by atoms with van der Waals surface area (Å²) in [4.78, 5) is 24.9. The number of carbonyl (C=O) groups is 1. The molecule has 0 unspecified atom stereocenters. The lowest BCUT2D eigenvalue weighted by atomic mass is 10.00. The predicted molar refractivity (Wildman–Crippen MR) is 85.6 cm³/mol. The summed E-state index contributed by atoms with van der Waals surface area (Å²) in [7, 11) is 0. The summed E-state index contributed by atoms with van der Waals surface area (Å²) in [6.07, 6.45) is 3.99. The lowest BCUT2D eigenvalue weighted by Crippen LogP contribution is -2.34. The SMILES string of the molecule is O=C(C=Cc1ccc([N+](=O)[O-])s1)N1CCc2ccccc2C1. The van der Waals surface area contributed by atoms with Crippen molar-refractivity contribution in [2.45, 2.75) is 13.0 Å². The van der Waals surface area contributed by atoms with Gasteiger partial charge in [-0.3, -0.25) is 14.9 Å². The molecule has 1 amide bonds. The highest BCUT2D eigenvalue weighted by Crippen LogP contribution is 2.25. The number of rotatable bonds is 3. The van der Waals surface area contributed by atoms with Gasteiger partial charge in [-0.2, -0.15) is 0 Å². The fraction of sp³-hybridized carbons (Fsp3) is 0.188. The summed E-state index contributed by atoms with van der Waals surface area (Å²) in [5, 5.41) is 10.7. The minimum atomic E-state index is -0.425. The van der Waals surface area contributed by atoms with Crippen LogP contribution in [-0.2, 0) is 17.8 Å². The monoisotopic (exact) mass is 314 g/mol. The maximum Gasteiger partial charge on any atom is 0.324 e. The zero-order valence-electron chi connectivity index (χ0n) is 11.8. The number of fused-ring (bicyclic) bond motifs is 1. The Kier molecular flexibility index (Phi) is 4.02. The minimum Gasteiger partial charge on any atom is -0.334 e. The van der Waals surface area contributed by atoms with Crippen molar-refractivity contribution in [3.8, 4) is 0 Å². The molecule has 5 nitrogen and oxygen atoms in total. The molecule has 1 aliphatic rings. The molecule has 0 radical (unpaired) electrons. The lowest BCUT2D eigenvalue weighted by molar-refractivity contribution is -0.380. The molecule has 0 bridgehead atoms. The Balaban J connectivity index is 1.67. The van der Waals surface area contributed by atoms with Crippen molar-refractivity contribution in [3.05, 3.63) is 68.6 Å². The molecule has 3 rings (SSSR count). The van der Waals surface area contributed by atoms with Gasteiger partial charge in [-0.1, -0.05) is 35.6 Å². The molecule has 0 fully saturated rings. The Hall–Kier alpha value is -2.47. The van der Waals surface area contributed by atoms with E-state index in [0.717, 1.165) is 17.8 Å². The molecule has 112 valence electrons. The van der Waals surface area contributed by atoms with Gasteiger partial charge in [0.15, 0.2) is 0 Å². The van der Waals surface area contributed by atoms with Crippen molar-refractivity contribution in [1.82, 2.24) is 4.90 Å². The number of thiophene rings is 1. The molecule has 0 spiro atoms. The van der Waals surface area contributed by atoms with Gasteiger partial charge in [0.05, 0.1) is 4.92 Å². The second kappa shape index (κ2) is 6.11. The van der Waals surface area contributed by atoms with Crippen LogP contribution in [0.5, 0.6) is 0 Å². The van der Waals surface area contributed by atoms with E-state index in [1.165, 1.54) is 23.3 Å². The van der Waals surface area contributed by atoms with E-state index in [9.17, 15) is 14.9 Å². The van der Waals surface area contributed by atoms with Gasteiger partial charge in [0.25, 0.3) is 0 Å². The molecule has 0 saturated heterocycles. The van der Waals surface area contributed by atoms with E-state index in [-0.39, 0.29) is 10.9 Å². The van der Waals surface area contributed by atoms with Crippen LogP contribution in [0.15, 0.2) is 42.5 Å². The second-order valence-corrected chi connectivity index (χ2v) is 6.14. The Labute approximate surface area is 131 Å². The second-order valence-electron chi connectivity index (χ2n) is 5.04. The Morgan fingerprint density at radius 1 is 1.23 bits per heavy atom. The van der Waals surface area contributed by atoms with E-state index in [2.05, 4.69) is 6.07 Å². The molecule has 22 heavy (non-hydrogen) atoms. The third-order valence-electron chi connectivity index (χ3n) is 3.63. The van der Waals surface area contributed by atoms with Gasteiger partial charge in [0.1, 0.15) is 0 Å². The highest BCUT2D eigenvalue weighted by atomic mass is 32.1. The fourth-order valence-electron chi connectivity index (χ4n) is 2.47. The normalized spacial score (nSPS) is 14.1. The van der Waals surface area contributed by atoms with E-state index >= 15 is 0 Å². The third-order valence-corrected chi connectivity index (χ3v) is 4.63. The molecule has 0 atom stereocenters. The molecular formula is C16H14N2O3S. The summed E-state index contributed by atoms with van der Waals surface area (Å²) in [5.41, 5.74) is 2.48. The summed E-state index contributed by atoms with van der Waals surface area (Å²) in [6, 6.07) is 11.2. The Morgan fingerprint density at radius 3 is 2.73 bits per heavy atom. The fourth-order valence-corrected chi connectivity index (χ4v) is 3.20. The predicted octanol–water partition coefficient (Wildman–Crippen LogP) is 3.25. The number of benzene rings is 1. The van der Waals surface area contributed by atoms with Gasteiger partial charge in [-0.15, -0.1) is 0 Å². The topological polar surface area (TPSA) is 63.4 Å². The number of nitrogens with zero attached hydrogens (tertiary/aromatic N) is 2. The van der Waals surface area contributed by atoms with Crippen molar-refractivity contribution in [2.24, 2.45) is 0 Å². The van der Waals surface area contributed by atoms with Crippen LogP contribution in [0.1, 0.15) is 16.0 Å². The molecule has 1 aromatic carbocycles. The number of amides is 1. The van der Waals surface area contributed by atoms with Crippen molar-refractivity contribution in [3.63, 3.8) is 0 Å². The van der Waals surface area contributed by atoms with E-state index in [0.29, 0.717) is 18.0 Å².